The van der Waals surface area contributed by atoms with Gasteiger partial charge in [0.15, 0.2) is 0 Å². The lowest BCUT2D eigenvalue weighted by Crippen LogP contribution is -2.48. The third-order valence-electron chi connectivity index (χ3n) is 9.61. The number of hydrogen-bond acceptors (Lipinski definition) is 6. The van der Waals surface area contributed by atoms with Gasteiger partial charge in [-0.1, -0.05) is 43.3 Å². The highest BCUT2D eigenvalue weighted by Crippen LogP contribution is 2.31. The van der Waals surface area contributed by atoms with Crippen molar-refractivity contribution in [1.29, 1.82) is 0 Å². The fraction of sp³-hybridized carbons (Fsp3) is 0.390. The van der Waals surface area contributed by atoms with Gasteiger partial charge in [0.2, 0.25) is 0 Å². The third kappa shape index (κ3) is 10.9. The maximum atomic E-state index is 14.5. The number of anilines is 3. The third-order valence-corrected chi connectivity index (χ3v) is 9.61. The molecule has 5 amide bonds. The molecule has 0 aliphatic carbocycles. The van der Waals surface area contributed by atoms with Crippen molar-refractivity contribution >= 4 is 45.8 Å². The van der Waals surface area contributed by atoms with Crippen LogP contribution in [0.3, 0.4) is 0 Å². The first-order valence-electron chi connectivity index (χ1n) is 18.3. The van der Waals surface area contributed by atoms with Crippen LogP contribution in [0.25, 0.3) is 10.8 Å². The first kappa shape index (κ1) is 40.8. The highest BCUT2D eigenvalue weighted by molar-refractivity contribution is 6.07. The summed E-state index contributed by atoms with van der Waals surface area (Å²) in [6.07, 6.45) is -3.18. The number of fused-ring (bicyclic) bond motifs is 2. The first-order chi connectivity index (χ1) is 26.2. The number of carbonyl (C=O) groups is 3. The summed E-state index contributed by atoms with van der Waals surface area (Å²) >= 11 is 0. The van der Waals surface area contributed by atoms with Crippen molar-refractivity contribution in [3.63, 3.8) is 0 Å². The second kappa shape index (κ2) is 18.3. The molecule has 0 unspecified atom stereocenters. The predicted molar refractivity (Wildman–Crippen MR) is 207 cm³/mol. The van der Waals surface area contributed by atoms with E-state index < -0.39 is 41.9 Å². The maximum absolute atomic E-state index is 14.5. The van der Waals surface area contributed by atoms with Gasteiger partial charge in [0.05, 0.1) is 41.7 Å². The SMILES string of the molecule is C[C@@H]1CCCCO[C@H](CN(C)C(=O)Nc2ccc(C(F)(F)F)cc2)[C@@H](C)CN([C@H](C)CO)C(=O)c2cc(NC(=O)Nc3cccc4ccccc34)ccc2O1. The Labute approximate surface area is 318 Å². The van der Waals surface area contributed by atoms with Crippen LogP contribution in [-0.2, 0) is 10.9 Å². The van der Waals surface area contributed by atoms with Gasteiger partial charge in [0.25, 0.3) is 5.91 Å². The van der Waals surface area contributed by atoms with Crippen molar-refractivity contribution in [2.45, 2.75) is 64.5 Å². The van der Waals surface area contributed by atoms with E-state index in [0.717, 1.165) is 29.3 Å². The van der Waals surface area contributed by atoms with Crippen LogP contribution in [0.15, 0.2) is 84.9 Å². The summed E-state index contributed by atoms with van der Waals surface area (Å²) in [6.45, 7) is 5.80. The molecule has 14 heteroatoms. The number of ether oxygens (including phenoxy) is 2. The fourth-order valence-electron chi connectivity index (χ4n) is 6.40. The number of urea groups is 2. The quantitative estimate of drug-likeness (QED) is 0.149. The van der Waals surface area contributed by atoms with Gasteiger partial charge in [-0.05, 0) is 87.0 Å². The Morgan fingerprint density at radius 3 is 2.38 bits per heavy atom. The number of rotatable bonds is 7. The molecule has 0 aromatic heterocycles. The number of benzene rings is 4. The summed E-state index contributed by atoms with van der Waals surface area (Å²) < 4.78 is 51.7. The Hall–Kier alpha value is -5.34. The lowest BCUT2D eigenvalue weighted by molar-refractivity contribution is -0.137. The predicted octanol–water partition coefficient (Wildman–Crippen LogP) is 8.46. The van der Waals surface area contributed by atoms with E-state index in [4.69, 9.17) is 9.47 Å². The normalized spacial score (nSPS) is 19.0. The van der Waals surface area contributed by atoms with E-state index in [1.807, 2.05) is 50.2 Å². The van der Waals surface area contributed by atoms with E-state index in [-0.39, 0.29) is 43.0 Å². The molecule has 0 saturated carbocycles. The first-order valence-corrected chi connectivity index (χ1v) is 18.3. The number of carbonyl (C=O) groups excluding carboxylic acids is 3. The van der Waals surface area contributed by atoms with Gasteiger partial charge in [0, 0.05) is 49.4 Å². The molecule has 11 nitrogen and oxygen atoms in total. The maximum Gasteiger partial charge on any atom is 0.416 e. The number of halogens is 3. The number of nitrogens with one attached hydrogen (secondary N) is 3. The average Bonchev–Trinajstić information content (AvgIpc) is 3.15. The molecule has 0 fully saturated rings. The van der Waals surface area contributed by atoms with Crippen LogP contribution in [0.4, 0.5) is 39.8 Å². The number of hydrogen-bond donors (Lipinski definition) is 4. The Morgan fingerprint density at radius 2 is 1.65 bits per heavy atom. The van der Waals surface area contributed by atoms with Gasteiger partial charge in [-0.15, -0.1) is 0 Å². The van der Waals surface area contributed by atoms with Crippen LogP contribution in [0.5, 0.6) is 5.75 Å². The largest absolute Gasteiger partial charge is 0.490 e. The van der Waals surface area contributed by atoms with Crippen LogP contribution < -0.4 is 20.7 Å². The minimum Gasteiger partial charge on any atom is -0.490 e. The van der Waals surface area contributed by atoms with Gasteiger partial charge in [0.1, 0.15) is 5.75 Å². The number of amides is 5. The van der Waals surface area contributed by atoms with E-state index in [1.54, 1.807) is 38.2 Å². The Morgan fingerprint density at radius 1 is 0.945 bits per heavy atom. The molecule has 5 rings (SSSR count). The molecular formula is C41H48F3N5O6. The molecule has 4 N–H and O–H groups in total. The van der Waals surface area contributed by atoms with Gasteiger partial charge in [-0.2, -0.15) is 13.2 Å². The molecule has 0 bridgehead atoms. The van der Waals surface area contributed by atoms with Gasteiger partial charge in [-0.3, -0.25) is 4.79 Å². The molecule has 4 aromatic rings. The second-order valence-corrected chi connectivity index (χ2v) is 14.0. The summed E-state index contributed by atoms with van der Waals surface area (Å²) in [5, 5.41) is 20.5. The monoisotopic (exact) mass is 763 g/mol. The average molecular weight is 764 g/mol. The van der Waals surface area contributed by atoms with E-state index in [9.17, 15) is 32.7 Å². The smallest absolute Gasteiger partial charge is 0.416 e. The van der Waals surface area contributed by atoms with Crippen LogP contribution in [0.2, 0.25) is 0 Å². The standard InChI is InChI=1S/C41H48F3N5O6/c1-26-23-49(27(2)25-50)38(51)34-22-32(45-39(52)47-35-14-9-12-29-11-5-6-13-33(29)35)19-20-36(34)55-28(3)10-7-8-21-54-37(26)24-48(4)40(53)46-31-17-15-30(16-18-31)41(42,43)44/h5-6,9,11-20,22,26-28,37,50H,7-8,10,21,23-25H2,1-4H3,(H,46,53)(H2,45,47,52)/t26-,27+,28+,37+/m0/s1. The molecule has 4 atom stereocenters. The number of aliphatic hydroxyl groups excluding tert-OH is 1. The van der Waals surface area contributed by atoms with Crippen molar-refractivity contribution in [2.24, 2.45) is 5.92 Å². The number of likely N-dealkylation sites (N-methyl/N-ethyl adjacent to an activating group) is 1. The van der Waals surface area contributed by atoms with Gasteiger partial charge < -0.3 is 40.3 Å². The summed E-state index contributed by atoms with van der Waals surface area (Å²) in [6, 6.07) is 20.7. The van der Waals surface area contributed by atoms with Crippen molar-refractivity contribution in [1.82, 2.24) is 9.80 Å². The summed E-state index contributed by atoms with van der Waals surface area (Å²) in [4.78, 5) is 43.8. The topological polar surface area (TPSA) is 132 Å². The lowest BCUT2D eigenvalue weighted by Gasteiger charge is -2.35. The van der Waals surface area contributed by atoms with E-state index in [1.165, 1.54) is 21.9 Å². The van der Waals surface area contributed by atoms with Crippen molar-refractivity contribution in [3.05, 3.63) is 96.1 Å². The van der Waals surface area contributed by atoms with Crippen molar-refractivity contribution in [3.8, 4) is 5.75 Å². The van der Waals surface area contributed by atoms with Gasteiger partial charge in [-0.25, -0.2) is 9.59 Å². The zero-order valence-electron chi connectivity index (χ0n) is 31.4. The minimum atomic E-state index is -4.50. The van der Waals surface area contributed by atoms with Crippen molar-refractivity contribution < 1.29 is 42.1 Å². The zero-order valence-corrected chi connectivity index (χ0v) is 31.4. The molecule has 1 aliphatic rings. The highest BCUT2D eigenvalue weighted by Gasteiger charge is 2.32. The van der Waals surface area contributed by atoms with E-state index in [0.29, 0.717) is 36.6 Å². The van der Waals surface area contributed by atoms with Crippen LogP contribution in [0, 0.1) is 5.92 Å². The molecule has 0 radical (unpaired) electrons. The van der Waals surface area contributed by atoms with Crippen LogP contribution >= 0.6 is 0 Å². The Balaban J connectivity index is 1.35. The van der Waals surface area contributed by atoms with Crippen LogP contribution in [-0.4, -0.2) is 84.5 Å². The van der Waals surface area contributed by atoms with Gasteiger partial charge >= 0.3 is 18.2 Å². The second-order valence-electron chi connectivity index (χ2n) is 14.0. The fourth-order valence-corrected chi connectivity index (χ4v) is 6.40. The zero-order chi connectivity index (χ0) is 39.7. The molecule has 1 aliphatic heterocycles. The molecule has 4 aromatic carbocycles. The lowest BCUT2D eigenvalue weighted by atomic mass is 10.0. The molecule has 0 spiro atoms. The highest BCUT2D eigenvalue weighted by atomic mass is 19.4. The summed E-state index contributed by atoms with van der Waals surface area (Å²) in [5.41, 5.74) is 0.556. The van der Waals surface area contributed by atoms with E-state index in [2.05, 4.69) is 16.0 Å². The van der Waals surface area contributed by atoms with Crippen LogP contribution in [0.1, 0.15) is 56.0 Å². The minimum absolute atomic E-state index is 0.110. The molecule has 55 heavy (non-hydrogen) atoms. The summed E-state index contributed by atoms with van der Waals surface area (Å²) in [5.74, 6) is -0.443. The number of nitrogens with zero attached hydrogens (tertiary/aromatic N) is 2. The number of alkyl halides is 3. The number of aliphatic hydroxyl groups is 1. The molecule has 1 heterocycles. The molecule has 294 valence electrons. The Kier molecular flexibility index (Phi) is 13.6. The Bertz CT molecular complexity index is 1940. The molecular weight excluding hydrogens is 715 g/mol. The van der Waals surface area contributed by atoms with E-state index >= 15 is 0 Å². The summed E-state index contributed by atoms with van der Waals surface area (Å²) in [7, 11) is 1.56. The van der Waals surface area contributed by atoms with Crippen molar-refractivity contribution in [2.75, 3.05) is 49.3 Å². The molecule has 0 saturated heterocycles.